The fraction of sp³-hybridized carbons (Fsp3) is 0.118. The van der Waals surface area contributed by atoms with Gasteiger partial charge in [-0.3, -0.25) is 14.9 Å². The number of fused-ring (bicyclic) bond motifs is 1. The minimum atomic E-state index is -0.866. The van der Waals surface area contributed by atoms with Crippen molar-refractivity contribution in [3.05, 3.63) is 79.3 Å². The van der Waals surface area contributed by atoms with Crippen LogP contribution in [0.4, 0.5) is 5.69 Å². The molecule has 8 nitrogen and oxygen atoms in total. The number of nitrogens with one attached hydrogen (secondary N) is 1. The van der Waals surface area contributed by atoms with Crippen LogP contribution in [-0.4, -0.2) is 20.9 Å². The van der Waals surface area contributed by atoms with Gasteiger partial charge in [0.15, 0.2) is 11.9 Å². The molecule has 0 bridgehead atoms. The maximum Gasteiger partial charge on any atom is 0.339 e. The van der Waals surface area contributed by atoms with Crippen LogP contribution in [0.3, 0.4) is 0 Å². The summed E-state index contributed by atoms with van der Waals surface area (Å²) in [5, 5.41) is 11.3. The Morgan fingerprint density at radius 2 is 2.04 bits per heavy atom. The molecule has 3 rings (SSSR count). The molecule has 0 fully saturated rings. The number of H-pyrrole nitrogens is 1. The number of benzene rings is 2. The van der Waals surface area contributed by atoms with Crippen molar-refractivity contribution >= 4 is 34.2 Å². The van der Waals surface area contributed by atoms with Gasteiger partial charge in [-0.05, 0) is 31.2 Å². The van der Waals surface area contributed by atoms with Gasteiger partial charge in [0.05, 0.1) is 21.4 Å². The quantitative estimate of drug-likeness (QED) is 0.425. The number of nitro groups is 1. The monoisotopic (exact) mass is 373 g/mol. The second-order valence-electron chi connectivity index (χ2n) is 5.44. The van der Waals surface area contributed by atoms with Crippen LogP contribution in [0, 0.1) is 10.1 Å². The number of ether oxygens (including phenoxy) is 1. The van der Waals surface area contributed by atoms with Gasteiger partial charge in [0.1, 0.15) is 5.02 Å². The van der Waals surface area contributed by atoms with Crippen molar-refractivity contribution in [2.45, 2.75) is 13.0 Å². The number of esters is 1. The Hall–Kier alpha value is -3.26. The number of nitrogens with zero attached hydrogens (tertiary/aromatic N) is 2. The molecule has 1 N–H and O–H groups in total. The van der Waals surface area contributed by atoms with Crippen molar-refractivity contribution in [1.82, 2.24) is 9.97 Å². The SMILES string of the molecule is C[C@H](OC(=O)c1ccc(Cl)c([N+](=O)[O-])c1)c1nc2ccccc2c(=O)[nH]1. The topological polar surface area (TPSA) is 115 Å². The van der Waals surface area contributed by atoms with Crippen LogP contribution in [0.1, 0.15) is 29.2 Å². The molecular weight excluding hydrogens is 362 g/mol. The van der Waals surface area contributed by atoms with Crippen LogP contribution in [0.25, 0.3) is 10.9 Å². The van der Waals surface area contributed by atoms with Crippen molar-refractivity contribution in [3.8, 4) is 0 Å². The van der Waals surface area contributed by atoms with Gasteiger partial charge in [0.25, 0.3) is 11.2 Å². The molecule has 0 amide bonds. The molecule has 0 aliphatic heterocycles. The summed E-state index contributed by atoms with van der Waals surface area (Å²) in [7, 11) is 0. The average molecular weight is 374 g/mol. The van der Waals surface area contributed by atoms with E-state index >= 15 is 0 Å². The molecule has 0 spiro atoms. The Kier molecular flexibility index (Phi) is 4.68. The van der Waals surface area contributed by atoms with E-state index in [9.17, 15) is 19.7 Å². The maximum atomic E-state index is 12.3. The van der Waals surface area contributed by atoms with Gasteiger partial charge in [0, 0.05) is 6.07 Å². The molecule has 2 aromatic carbocycles. The Morgan fingerprint density at radius 3 is 2.77 bits per heavy atom. The van der Waals surface area contributed by atoms with E-state index in [-0.39, 0.29) is 22.0 Å². The molecule has 132 valence electrons. The van der Waals surface area contributed by atoms with E-state index in [4.69, 9.17) is 16.3 Å². The van der Waals surface area contributed by atoms with E-state index in [1.807, 2.05) is 0 Å². The summed E-state index contributed by atoms with van der Waals surface area (Å²) in [4.78, 5) is 41.4. The lowest BCUT2D eigenvalue weighted by molar-refractivity contribution is -0.384. The highest BCUT2D eigenvalue weighted by atomic mass is 35.5. The van der Waals surface area contributed by atoms with E-state index in [1.54, 1.807) is 24.3 Å². The minimum absolute atomic E-state index is 0.0314. The number of halogens is 1. The van der Waals surface area contributed by atoms with Crippen molar-refractivity contribution in [2.75, 3.05) is 0 Å². The van der Waals surface area contributed by atoms with Gasteiger partial charge in [0.2, 0.25) is 0 Å². The lowest BCUT2D eigenvalue weighted by Gasteiger charge is -2.13. The van der Waals surface area contributed by atoms with Gasteiger partial charge < -0.3 is 9.72 Å². The molecule has 1 aromatic heterocycles. The largest absolute Gasteiger partial charge is 0.451 e. The normalized spacial score (nSPS) is 11.9. The third-order valence-corrected chi connectivity index (χ3v) is 4.00. The van der Waals surface area contributed by atoms with E-state index < -0.39 is 22.7 Å². The predicted octanol–water partition coefficient (Wildman–Crippen LogP) is 3.40. The first-order valence-electron chi connectivity index (χ1n) is 7.50. The highest BCUT2D eigenvalue weighted by Crippen LogP contribution is 2.26. The third-order valence-electron chi connectivity index (χ3n) is 3.68. The molecule has 0 radical (unpaired) electrons. The summed E-state index contributed by atoms with van der Waals surface area (Å²) in [6.45, 7) is 1.54. The molecule has 26 heavy (non-hydrogen) atoms. The number of carbonyl (C=O) groups is 1. The fourth-order valence-corrected chi connectivity index (χ4v) is 2.55. The second kappa shape index (κ2) is 6.93. The van der Waals surface area contributed by atoms with Gasteiger partial charge >= 0.3 is 5.97 Å². The molecule has 0 aliphatic carbocycles. The number of para-hydroxylation sites is 1. The molecule has 0 aliphatic rings. The minimum Gasteiger partial charge on any atom is -0.451 e. The molecule has 0 saturated heterocycles. The van der Waals surface area contributed by atoms with Gasteiger partial charge in [-0.25, -0.2) is 9.78 Å². The van der Waals surface area contributed by atoms with Crippen LogP contribution in [0.2, 0.25) is 5.02 Å². The highest BCUT2D eigenvalue weighted by Gasteiger charge is 2.20. The summed E-state index contributed by atoms with van der Waals surface area (Å²) in [6, 6.07) is 10.4. The number of nitro benzene ring substituents is 1. The highest BCUT2D eigenvalue weighted by molar-refractivity contribution is 6.32. The lowest BCUT2D eigenvalue weighted by Crippen LogP contribution is -2.17. The first-order valence-corrected chi connectivity index (χ1v) is 7.88. The average Bonchev–Trinajstić information content (AvgIpc) is 2.61. The summed E-state index contributed by atoms with van der Waals surface area (Å²) < 4.78 is 5.26. The van der Waals surface area contributed by atoms with Gasteiger partial charge in [-0.2, -0.15) is 0 Å². The van der Waals surface area contributed by atoms with Crippen LogP contribution in [0.15, 0.2) is 47.3 Å². The molecule has 1 heterocycles. The van der Waals surface area contributed by atoms with Crippen LogP contribution >= 0.6 is 11.6 Å². The number of rotatable bonds is 4. The summed E-state index contributed by atoms with van der Waals surface area (Å²) in [5.74, 6) is -0.626. The van der Waals surface area contributed by atoms with Crippen molar-refractivity contribution < 1.29 is 14.5 Å². The summed E-state index contributed by atoms with van der Waals surface area (Å²) >= 11 is 5.73. The van der Waals surface area contributed by atoms with E-state index in [2.05, 4.69) is 9.97 Å². The lowest BCUT2D eigenvalue weighted by atomic mass is 10.2. The first kappa shape index (κ1) is 17.6. The van der Waals surface area contributed by atoms with Crippen LogP contribution < -0.4 is 5.56 Å². The van der Waals surface area contributed by atoms with E-state index in [1.165, 1.54) is 19.1 Å². The number of aromatic amines is 1. The fourth-order valence-electron chi connectivity index (χ4n) is 2.36. The Morgan fingerprint density at radius 1 is 1.31 bits per heavy atom. The summed E-state index contributed by atoms with van der Waals surface area (Å²) in [6.07, 6.45) is -0.866. The van der Waals surface area contributed by atoms with Gasteiger partial charge in [-0.1, -0.05) is 23.7 Å². The smallest absolute Gasteiger partial charge is 0.339 e. The molecular formula is C17H12ClN3O5. The number of hydrogen-bond donors (Lipinski definition) is 1. The Balaban J connectivity index is 1.87. The van der Waals surface area contributed by atoms with Crippen LogP contribution in [-0.2, 0) is 4.74 Å². The molecule has 1 atom stereocenters. The number of hydrogen-bond acceptors (Lipinski definition) is 6. The molecule has 9 heteroatoms. The van der Waals surface area contributed by atoms with E-state index in [0.717, 1.165) is 6.07 Å². The Bertz CT molecular complexity index is 1080. The third kappa shape index (κ3) is 3.40. The number of aromatic nitrogens is 2. The molecule has 0 unspecified atom stereocenters. The zero-order valence-electron chi connectivity index (χ0n) is 13.4. The van der Waals surface area contributed by atoms with Crippen molar-refractivity contribution in [1.29, 1.82) is 0 Å². The van der Waals surface area contributed by atoms with Gasteiger partial charge in [-0.15, -0.1) is 0 Å². The zero-order valence-corrected chi connectivity index (χ0v) is 14.2. The standard InChI is InChI=1S/C17H12ClN3O5/c1-9(15-19-13-5-3-2-4-11(13)16(22)20-15)26-17(23)10-6-7-12(18)14(8-10)21(24)25/h2-9H,1H3,(H,19,20,22)/t9-/m0/s1. The maximum absolute atomic E-state index is 12.3. The zero-order chi connectivity index (χ0) is 18.8. The van der Waals surface area contributed by atoms with Crippen molar-refractivity contribution in [3.63, 3.8) is 0 Å². The first-order chi connectivity index (χ1) is 12.4. The number of carbonyl (C=O) groups excluding carboxylic acids is 1. The summed E-state index contributed by atoms with van der Waals surface area (Å²) in [5.41, 5.74) is -0.311. The van der Waals surface area contributed by atoms with E-state index in [0.29, 0.717) is 10.9 Å². The van der Waals surface area contributed by atoms with Crippen LogP contribution in [0.5, 0.6) is 0 Å². The second-order valence-corrected chi connectivity index (χ2v) is 5.85. The van der Waals surface area contributed by atoms with Crippen molar-refractivity contribution in [2.24, 2.45) is 0 Å². The predicted molar refractivity (Wildman–Crippen MR) is 94.3 cm³/mol. The Labute approximate surface area is 151 Å². The molecule has 3 aromatic rings. The molecule has 0 saturated carbocycles.